The van der Waals surface area contributed by atoms with E-state index < -0.39 is 6.10 Å². The van der Waals surface area contributed by atoms with Crippen LogP contribution in [0.5, 0.6) is 0 Å². The lowest BCUT2D eigenvalue weighted by molar-refractivity contribution is 0.149. The quantitative estimate of drug-likeness (QED) is 0.462. The molecule has 2 unspecified atom stereocenters. The van der Waals surface area contributed by atoms with Crippen molar-refractivity contribution in [3.8, 4) is 0 Å². The summed E-state index contributed by atoms with van der Waals surface area (Å²) in [4.78, 5) is 0.351. The van der Waals surface area contributed by atoms with E-state index in [1.54, 1.807) is 0 Å². The monoisotopic (exact) mass is 442 g/mol. The van der Waals surface area contributed by atoms with Crippen molar-refractivity contribution in [2.24, 2.45) is 0 Å². The minimum atomic E-state index is -0.500. The first-order valence-electron chi connectivity index (χ1n) is 7.73. The predicted octanol–water partition coefficient (Wildman–Crippen LogP) is 1.07. The third kappa shape index (κ3) is 3.72. The van der Waals surface area contributed by atoms with Gasteiger partial charge in [-0.15, -0.1) is 0 Å². The number of benzene rings is 1. The van der Waals surface area contributed by atoms with Gasteiger partial charge >= 0.3 is 0 Å². The number of alkyl halides is 1. The summed E-state index contributed by atoms with van der Waals surface area (Å²) >= 11 is 7.22. The lowest BCUT2D eigenvalue weighted by Crippen LogP contribution is -2.38. The van der Waals surface area contributed by atoms with E-state index >= 15 is 0 Å². The van der Waals surface area contributed by atoms with Crippen LogP contribution in [0.2, 0.25) is 0 Å². The largest absolute Gasteiger partial charge is 0.395 e. The average molecular weight is 444 g/mol. The van der Waals surface area contributed by atoms with Crippen molar-refractivity contribution in [1.29, 1.82) is 0 Å². The van der Waals surface area contributed by atoms with Crippen molar-refractivity contribution >= 4 is 54.9 Å². The topological polar surface area (TPSA) is 57.4 Å². The van der Waals surface area contributed by atoms with E-state index in [9.17, 15) is 5.11 Å². The fourth-order valence-corrected chi connectivity index (χ4v) is 3.87. The number of aliphatic hydroxyl groups excluding tert-OH is 2. The maximum absolute atomic E-state index is 10.3. The van der Waals surface area contributed by atoms with E-state index in [0.717, 1.165) is 16.4 Å². The van der Waals surface area contributed by atoms with Crippen LogP contribution in [0.4, 0.5) is 0 Å². The van der Waals surface area contributed by atoms with Gasteiger partial charge in [-0.1, -0.05) is 44.0 Å². The van der Waals surface area contributed by atoms with Gasteiger partial charge in [-0.25, -0.2) is 0 Å². The number of hydrogen-bond donors (Lipinski definition) is 3. The summed E-state index contributed by atoms with van der Waals surface area (Å²) in [7, 11) is 0. The molecule has 3 rings (SSSR count). The highest BCUT2D eigenvalue weighted by atomic mass is 79.9. The maximum Gasteiger partial charge on any atom is 0.0843 e. The predicted molar refractivity (Wildman–Crippen MR) is 101 cm³/mol. The highest BCUT2D eigenvalue weighted by Crippen LogP contribution is 2.19. The molecule has 2 atom stereocenters. The molecule has 0 spiro atoms. The van der Waals surface area contributed by atoms with Gasteiger partial charge in [-0.3, -0.25) is 0 Å². The molecule has 1 aliphatic rings. The van der Waals surface area contributed by atoms with Gasteiger partial charge in [0.2, 0.25) is 0 Å². The summed E-state index contributed by atoms with van der Waals surface area (Å²) in [5, 5.41) is 25.8. The number of halogens is 2. The van der Waals surface area contributed by atoms with Crippen molar-refractivity contribution in [2.45, 2.75) is 23.9 Å². The molecule has 0 saturated carbocycles. The molecule has 1 aliphatic carbocycles. The first-order valence-corrected chi connectivity index (χ1v) is 9.44. The van der Waals surface area contributed by atoms with Crippen LogP contribution in [0.3, 0.4) is 0 Å². The molecule has 23 heavy (non-hydrogen) atoms. The van der Waals surface area contributed by atoms with Crippen LogP contribution >= 0.6 is 31.9 Å². The molecule has 0 saturated heterocycles. The maximum atomic E-state index is 10.3. The van der Waals surface area contributed by atoms with E-state index in [1.165, 1.54) is 16.0 Å². The standard InChI is InChI=1S/C17H20Br2N2O2/c18-11-1-3-16-14(7-11)15-8-12(19)2-4-17(15)21(16)10-13(23)9-20-5-6-22/h1,3-4,7-8,12-13,20,22-23H,2,5-6,9-10H2. The summed E-state index contributed by atoms with van der Waals surface area (Å²) in [6.45, 7) is 1.58. The zero-order valence-electron chi connectivity index (χ0n) is 12.7. The molecule has 2 aromatic rings. The van der Waals surface area contributed by atoms with Gasteiger partial charge in [0.05, 0.1) is 19.3 Å². The average Bonchev–Trinajstić information content (AvgIpc) is 2.80. The van der Waals surface area contributed by atoms with Crippen LogP contribution < -0.4 is 15.9 Å². The highest BCUT2D eigenvalue weighted by Gasteiger charge is 2.15. The van der Waals surface area contributed by atoms with Crippen molar-refractivity contribution in [3.05, 3.63) is 33.2 Å². The molecule has 0 amide bonds. The summed E-state index contributed by atoms with van der Waals surface area (Å²) < 4.78 is 3.25. The second-order valence-electron chi connectivity index (χ2n) is 5.78. The Bertz CT molecular complexity index is 816. The fourth-order valence-electron chi connectivity index (χ4n) is 3.06. The Kier molecular flexibility index (Phi) is 5.59. The number of aliphatic hydroxyl groups is 2. The van der Waals surface area contributed by atoms with Crippen molar-refractivity contribution in [2.75, 3.05) is 19.7 Å². The number of aromatic nitrogens is 1. The summed E-state index contributed by atoms with van der Waals surface area (Å²) in [5.74, 6) is 0. The van der Waals surface area contributed by atoms with Crippen molar-refractivity contribution < 1.29 is 10.2 Å². The van der Waals surface area contributed by atoms with Gasteiger partial charge in [-0.05, 0) is 24.6 Å². The molecule has 124 valence electrons. The van der Waals surface area contributed by atoms with Crippen LogP contribution in [-0.2, 0) is 6.54 Å². The molecular weight excluding hydrogens is 424 g/mol. The smallest absolute Gasteiger partial charge is 0.0843 e. The summed E-state index contributed by atoms with van der Waals surface area (Å²) in [6.07, 6.45) is 4.93. The Morgan fingerprint density at radius 3 is 3.00 bits per heavy atom. The molecule has 0 fully saturated rings. The molecule has 0 bridgehead atoms. The Labute approximate surface area is 151 Å². The summed E-state index contributed by atoms with van der Waals surface area (Å²) in [5.41, 5.74) is 1.13. The van der Waals surface area contributed by atoms with E-state index in [-0.39, 0.29) is 6.61 Å². The van der Waals surface area contributed by atoms with E-state index in [2.05, 4.69) is 66.0 Å². The Hall–Kier alpha value is -0.660. The highest BCUT2D eigenvalue weighted by molar-refractivity contribution is 9.10. The minimum absolute atomic E-state index is 0.0813. The molecule has 4 nitrogen and oxygen atoms in total. The lowest BCUT2D eigenvalue weighted by atomic mass is 10.1. The first-order chi connectivity index (χ1) is 11.1. The number of fused-ring (bicyclic) bond motifs is 3. The third-order valence-electron chi connectivity index (χ3n) is 4.05. The second-order valence-corrected chi connectivity index (χ2v) is 7.87. The van der Waals surface area contributed by atoms with Gasteiger partial charge in [0.15, 0.2) is 0 Å². The van der Waals surface area contributed by atoms with Crippen LogP contribution in [0.25, 0.3) is 23.1 Å². The summed E-state index contributed by atoms with van der Waals surface area (Å²) in [6, 6.07) is 6.26. The van der Waals surface area contributed by atoms with E-state index in [1.807, 2.05) is 6.07 Å². The normalized spacial score (nSPS) is 18.3. The zero-order chi connectivity index (χ0) is 16.4. The molecule has 6 heteroatoms. The van der Waals surface area contributed by atoms with Gasteiger partial charge < -0.3 is 20.1 Å². The molecule has 1 heterocycles. The van der Waals surface area contributed by atoms with Crippen LogP contribution in [0, 0.1) is 0 Å². The number of rotatable bonds is 6. The Balaban J connectivity index is 2.02. The fraction of sp³-hybridized carbons (Fsp3) is 0.412. The molecule has 3 N–H and O–H groups in total. The van der Waals surface area contributed by atoms with Gasteiger partial charge in [0.1, 0.15) is 0 Å². The lowest BCUT2D eigenvalue weighted by Gasteiger charge is -2.14. The Morgan fingerprint density at radius 1 is 1.39 bits per heavy atom. The van der Waals surface area contributed by atoms with Crippen LogP contribution in [0.15, 0.2) is 22.7 Å². The number of nitrogens with zero attached hydrogens (tertiary/aromatic N) is 1. The SMILES string of the molecule is OCCNCC(O)Cn1c2c(c3cc(Br)ccc31)=CC(Br)CC=2. The molecule has 1 aromatic heterocycles. The van der Waals surface area contributed by atoms with E-state index in [4.69, 9.17) is 5.11 Å². The Morgan fingerprint density at radius 2 is 2.22 bits per heavy atom. The molecule has 0 radical (unpaired) electrons. The number of hydrogen-bond acceptors (Lipinski definition) is 3. The van der Waals surface area contributed by atoms with Gasteiger partial charge in [0.25, 0.3) is 0 Å². The van der Waals surface area contributed by atoms with E-state index in [0.29, 0.717) is 24.5 Å². The van der Waals surface area contributed by atoms with Crippen molar-refractivity contribution in [1.82, 2.24) is 9.88 Å². The number of nitrogens with one attached hydrogen (secondary N) is 1. The van der Waals surface area contributed by atoms with Crippen molar-refractivity contribution in [3.63, 3.8) is 0 Å². The first kappa shape index (κ1) is 17.2. The van der Waals surface area contributed by atoms with Crippen LogP contribution in [-0.4, -0.2) is 45.4 Å². The molecule has 0 aliphatic heterocycles. The molecular formula is C17H20Br2N2O2. The second kappa shape index (κ2) is 7.49. The third-order valence-corrected chi connectivity index (χ3v) is 5.18. The van der Waals surface area contributed by atoms with Gasteiger partial charge in [0, 0.05) is 43.9 Å². The molecule has 1 aromatic carbocycles. The van der Waals surface area contributed by atoms with Gasteiger partial charge in [-0.2, -0.15) is 0 Å². The minimum Gasteiger partial charge on any atom is -0.395 e. The van der Waals surface area contributed by atoms with Crippen LogP contribution in [0.1, 0.15) is 6.42 Å². The zero-order valence-corrected chi connectivity index (χ0v) is 15.8.